The molecule has 0 aromatic heterocycles. The number of amides is 2. The summed E-state index contributed by atoms with van der Waals surface area (Å²) >= 11 is 0. The SMILES string of the molecule is CC(C)OC(=O)CC(NC(=O)C1CCCN(C(=O)C2CC2)C1)c1ccccc1[N+](=O)[O-]. The van der Waals surface area contributed by atoms with E-state index in [1.807, 2.05) is 0 Å². The molecule has 1 heterocycles. The fourth-order valence-electron chi connectivity index (χ4n) is 3.93. The Morgan fingerprint density at radius 3 is 2.55 bits per heavy atom. The average Bonchev–Trinajstić information content (AvgIpc) is 3.57. The molecule has 2 fully saturated rings. The van der Waals surface area contributed by atoms with Crippen LogP contribution in [0.25, 0.3) is 0 Å². The van der Waals surface area contributed by atoms with Gasteiger partial charge in [-0.15, -0.1) is 0 Å². The third-order valence-electron chi connectivity index (χ3n) is 5.59. The van der Waals surface area contributed by atoms with Crippen LogP contribution in [-0.2, 0) is 19.1 Å². The minimum Gasteiger partial charge on any atom is -0.463 e. The van der Waals surface area contributed by atoms with Gasteiger partial charge in [0.2, 0.25) is 11.8 Å². The number of nitro benzene ring substituents is 1. The lowest BCUT2D eigenvalue weighted by atomic mass is 9.95. The van der Waals surface area contributed by atoms with Gasteiger partial charge in [-0.05, 0) is 39.5 Å². The number of esters is 1. The topological polar surface area (TPSA) is 119 Å². The minimum atomic E-state index is -0.894. The van der Waals surface area contributed by atoms with Crippen LogP contribution in [0.15, 0.2) is 24.3 Å². The van der Waals surface area contributed by atoms with Crippen molar-refractivity contribution in [1.29, 1.82) is 0 Å². The first-order chi connectivity index (χ1) is 14.8. The molecule has 2 unspecified atom stereocenters. The number of rotatable bonds is 8. The van der Waals surface area contributed by atoms with E-state index in [2.05, 4.69) is 5.32 Å². The fraction of sp³-hybridized carbons (Fsp3) is 0.591. The molecule has 1 saturated heterocycles. The Labute approximate surface area is 181 Å². The second kappa shape index (κ2) is 9.89. The van der Waals surface area contributed by atoms with Gasteiger partial charge in [-0.3, -0.25) is 24.5 Å². The van der Waals surface area contributed by atoms with Crippen molar-refractivity contribution in [2.75, 3.05) is 13.1 Å². The normalized spacial score (nSPS) is 19.6. The highest BCUT2D eigenvalue weighted by Crippen LogP contribution is 2.33. The van der Waals surface area contributed by atoms with E-state index in [4.69, 9.17) is 4.74 Å². The number of ether oxygens (including phenoxy) is 1. The lowest BCUT2D eigenvalue weighted by Crippen LogP contribution is -2.46. The molecule has 1 aromatic carbocycles. The van der Waals surface area contributed by atoms with Gasteiger partial charge in [0.05, 0.1) is 35.0 Å². The van der Waals surface area contributed by atoms with E-state index >= 15 is 0 Å². The lowest BCUT2D eigenvalue weighted by molar-refractivity contribution is -0.385. The summed E-state index contributed by atoms with van der Waals surface area (Å²) in [5.74, 6) is -1.08. The van der Waals surface area contributed by atoms with Crippen molar-refractivity contribution in [2.24, 2.45) is 11.8 Å². The van der Waals surface area contributed by atoms with E-state index in [0.29, 0.717) is 19.5 Å². The zero-order valence-corrected chi connectivity index (χ0v) is 17.9. The Morgan fingerprint density at radius 1 is 1.19 bits per heavy atom. The number of para-hydroxylation sites is 1. The van der Waals surface area contributed by atoms with Crippen molar-refractivity contribution in [3.8, 4) is 0 Å². The molecule has 2 atom stereocenters. The molecule has 1 aliphatic carbocycles. The van der Waals surface area contributed by atoms with E-state index in [-0.39, 0.29) is 41.5 Å². The maximum Gasteiger partial charge on any atom is 0.308 e. The first kappa shape index (κ1) is 22.7. The second-order valence-corrected chi connectivity index (χ2v) is 8.52. The largest absolute Gasteiger partial charge is 0.463 e. The van der Waals surface area contributed by atoms with Crippen LogP contribution in [0.1, 0.15) is 57.6 Å². The maximum absolute atomic E-state index is 13.0. The number of nitrogens with zero attached hydrogens (tertiary/aromatic N) is 2. The number of nitro groups is 1. The van der Waals surface area contributed by atoms with Crippen LogP contribution in [0.3, 0.4) is 0 Å². The van der Waals surface area contributed by atoms with Gasteiger partial charge >= 0.3 is 5.97 Å². The van der Waals surface area contributed by atoms with Crippen LogP contribution in [0.4, 0.5) is 5.69 Å². The molecular weight excluding hydrogens is 402 g/mol. The Balaban J connectivity index is 1.76. The van der Waals surface area contributed by atoms with Gasteiger partial charge in [0.25, 0.3) is 5.69 Å². The van der Waals surface area contributed by atoms with Crippen LogP contribution >= 0.6 is 0 Å². The molecule has 2 aliphatic rings. The van der Waals surface area contributed by atoms with Gasteiger partial charge in [-0.1, -0.05) is 18.2 Å². The van der Waals surface area contributed by atoms with Crippen molar-refractivity contribution in [1.82, 2.24) is 10.2 Å². The summed E-state index contributed by atoms with van der Waals surface area (Å²) in [5.41, 5.74) is 0.0857. The maximum atomic E-state index is 13.0. The standard InChI is InChI=1S/C22H29N3O6/c1-14(2)31-20(26)12-18(17-7-3-4-8-19(17)25(29)30)23-21(27)16-6-5-11-24(13-16)22(28)15-9-10-15/h3-4,7-8,14-16,18H,5-6,9-13H2,1-2H3,(H,23,27). The number of benzene rings is 1. The summed E-state index contributed by atoms with van der Waals surface area (Å²) in [6.45, 7) is 4.41. The number of piperidine rings is 1. The van der Waals surface area contributed by atoms with E-state index in [1.54, 1.807) is 24.8 Å². The van der Waals surface area contributed by atoms with Crippen LogP contribution in [0, 0.1) is 22.0 Å². The molecule has 31 heavy (non-hydrogen) atoms. The summed E-state index contributed by atoms with van der Waals surface area (Å²) in [6, 6.07) is 5.16. The van der Waals surface area contributed by atoms with Gasteiger partial charge in [0.15, 0.2) is 0 Å². The van der Waals surface area contributed by atoms with Gasteiger partial charge in [-0.25, -0.2) is 0 Å². The Morgan fingerprint density at radius 2 is 1.90 bits per heavy atom. The van der Waals surface area contributed by atoms with Gasteiger partial charge in [0.1, 0.15) is 0 Å². The highest BCUT2D eigenvalue weighted by atomic mass is 16.6. The average molecular weight is 431 g/mol. The highest BCUT2D eigenvalue weighted by molar-refractivity contribution is 5.84. The predicted octanol–water partition coefficient (Wildman–Crippen LogP) is 2.74. The van der Waals surface area contributed by atoms with Crippen molar-refractivity contribution >= 4 is 23.5 Å². The zero-order chi connectivity index (χ0) is 22.5. The van der Waals surface area contributed by atoms with Crippen LogP contribution in [0.5, 0.6) is 0 Å². The van der Waals surface area contributed by atoms with E-state index in [1.165, 1.54) is 18.2 Å². The van der Waals surface area contributed by atoms with Crippen molar-refractivity contribution in [2.45, 2.75) is 58.1 Å². The first-order valence-corrected chi connectivity index (χ1v) is 10.8. The van der Waals surface area contributed by atoms with Crippen LogP contribution in [0.2, 0.25) is 0 Å². The molecule has 2 amide bonds. The van der Waals surface area contributed by atoms with Gasteiger partial charge in [0, 0.05) is 25.1 Å². The third kappa shape index (κ3) is 6.02. The summed E-state index contributed by atoms with van der Waals surface area (Å²) in [5, 5.41) is 14.3. The molecule has 0 spiro atoms. The number of nitrogens with one attached hydrogen (secondary N) is 1. The Bertz CT molecular complexity index is 851. The summed E-state index contributed by atoms with van der Waals surface area (Å²) in [7, 11) is 0. The number of carbonyl (C=O) groups is 3. The van der Waals surface area contributed by atoms with Crippen LogP contribution in [-0.4, -0.2) is 46.8 Å². The summed E-state index contributed by atoms with van der Waals surface area (Å²) < 4.78 is 5.20. The zero-order valence-electron chi connectivity index (χ0n) is 17.9. The molecular formula is C22H29N3O6. The molecule has 3 rings (SSSR count). The highest BCUT2D eigenvalue weighted by Gasteiger charge is 2.37. The third-order valence-corrected chi connectivity index (χ3v) is 5.59. The second-order valence-electron chi connectivity index (χ2n) is 8.52. The molecule has 9 nitrogen and oxygen atoms in total. The van der Waals surface area contributed by atoms with Crippen molar-refractivity contribution in [3.63, 3.8) is 0 Å². The Kier molecular flexibility index (Phi) is 7.25. The first-order valence-electron chi connectivity index (χ1n) is 10.8. The molecule has 1 N–H and O–H groups in total. The van der Waals surface area contributed by atoms with Gasteiger partial charge in [-0.2, -0.15) is 0 Å². The minimum absolute atomic E-state index is 0.0901. The Hall–Kier alpha value is -2.97. The lowest BCUT2D eigenvalue weighted by Gasteiger charge is -2.33. The van der Waals surface area contributed by atoms with E-state index in [0.717, 1.165) is 19.3 Å². The molecule has 0 bridgehead atoms. The van der Waals surface area contributed by atoms with Gasteiger partial charge < -0.3 is 15.0 Å². The monoisotopic (exact) mass is 431 g/mol. The number of hydrogen-bond donors (Lipinski definition) is 1. The van der Waals surface area contributed by atoms with Crippen molar-refractivity contribution in [3.05, 3.63) is 39.9 Å². The number of hydrogen-bond acceptors (Lipinski definition) is 6. The number of likely N-dealkylation sites (tertiary alicyclic amines) is 1. The van der Waals surface area contributed by atoms with Crippen LogP contribution < -0.4 is 5.32 Å². The predicted molar refractivity (Wildman–Crippen MR) is 112 cm³/mol. The van der Waals surface area contributed by atoms with Crippen molar-refractivity contribution < 1.29 is 24.0 Å². The van der Waals surface area contributed by atoms with E-state index < -0.39 is 22.9 Å². The number of carbonyl (C=O) groups excluding carboxylic acids is 3. The molecule has 9 heteroatoms. The smallest absolute Gasteiger partial charge is 0.308 e. The molecule has 1 aromatic rings. The fourth-order valence-corrected chi connectivity index (χ4v) is 3.93. The molecule has 0 radical (unpaired) electrons. The molecule has 168 valence electrons. The summed E-state index contributed by atoms with van der Waals surface area (Å²) in [6.07, 6.45) is 2.61. The van der Waals surface area contributed by atoms with E-state index in [9.17, 15) is 24.5 Å². The molecule has 1 aliphatic heterocycles. The molecule has 1 saturated carbocycles. The quantitative estimate of drug-likeness (QED) is 0.384. The summed E-state index contributed by atoms with van der Waals surface area (Å²) in [4.78, 5) is 50.5.